The highest BCUT2D eigenvalue weighted by molar-refractivity contribution is 7.80. The molecule has 0 aliphatic carbocycles. The van der Waals surface area contributed by atoms with Crippen molar-refractivity contribution < 1.29 is 9.53 Å². The van der Waals surface area contributed by atoms with Crippen LogP contribution >= 0.6 is 12.2 Å². The van der Waals surface area contributed by atoms with Crippen LogP contribution < -0.4 is 5.32 Å². The van der Waals surface area contributed by atoms with Gasteiger partial charge in [-0.1, -0.05) is 17.7 Å². The van der Waals surface area contributed by atoms with Crippen molar-refractivity contribution in [2.24, 2.45) is 0 Å². The van der Waals surface area contributed by atoms with Gasteiger partial charge in [0.25, 0.3) is 5.91 Å². The molecular weight excluding hydrogens is 248 g/mol. The van der Waals surface area contributed by atoms with E-state index in [9.17, 15) is 4.79 Å². The summed E-state index contributed by atoms with van der Waals surface area (Å²) in [6.07, 6.45) is 0. The zero-order valence-corrected chi connectivity index (χ0v) is 11.1. The van der Waals surface area contributed by atoms with Crippen LogP contribution in [0.2, 0.25) is 0 Å². The van der Waals surface area contributed by atoms with Gasteiger partial charge in [-0.3, -0.25) is 10.1 Å². The average molecular weight is 264 g/mol. The van der Waals surface area contributed by atoms with Crippen LogP contribution in [-0.2, 0) is 4.74 Å². The molecule has 18 heavy (non-hydrogen) atoms. The number of hydrogen-bond acceptors (Lipinski definition) is 3. The minimum Gasteiger partial charge on any atom is -0.378 e. The Labute approximate surface area is 112 Å². The first kappa shape index (κ1) is 13.0. The summed E-state index contributed by atoms with van der Waals surface area (Å²) in [5.74, 6) is -0.161. The number of benzene rings is 1. The first-order valence-corrected chi connectivity index (χ1v) is 6.32. The topological polar surface area (TPSA) is 41.6 Å². The van der Waals surface area contributed by atoms with Crippen molar-refractivity contribution in [2.75, 3.05) is 26.3 Å². The number of morpholine rings is 1. The van der Waals surface area contributed by atoms with Gasteiger partial charge in [0.05, 0.1) is 13.2 Å². The minimum atomic E-state index is -0.161. The normalized spacial score (nSPS) is 15.3. The third kappa shape index (κ3) is 3.27. The number of ether oxygens (including phenoxy) is 1. The molecule has 0 atom stereocenters. The van der Waals surface area contributed by atoms with Crippen molar-refractivity contribution in [1.29, 1.82) is 0 Å². The third-order valence-electron chi connectivity index (χ3n) is 2.83. The summed E-state index contributed by atoms with van der Waals surface area (Å²) >= 11 is 5.21. The summed E-state index contributed by atoms with van der Waals surface area (Å²) in [5.41, 5.74) is 1.75. The molecule has 0 spiro atoms. The van der Waals surface area contributed by atoms with Crippen molar-refractivity contribution in [3.8, 4) is 0 Å². The Bertz CT molecular complexity index is 439. The van der Waals surface area contributed by atoms with Crippen molar-refractivity contribution in [3.05, 3.63) is 35.4 Å². The fourth-order valence-corrected chi connectivity index (χ4v) is 1.99. The van der Waals surface area contributed by atoms with Gasteiger partial charge in [0.1, 0.15) is 0 Å². The first-order valence-electron chi connectivity index (χ1n) is 5.91. The zero-order chi connectivity index (χ0) is 13.0. The molecule has 1 aliphatic rings. The molecule has 0 radical (unpaired) electrons. The number of nitrogens with one attached hydrogen (secondary N) is 1. The standard InChI is InChI=1S/C13H16N2O2S/c1-10-2-4-11(5-3-10)12(16)14-13(18)15-6-8-17-9-7-15/h2-5H,6-9H2,1H3,(H,14,16,18). The van der Waals surface area contributed by atoms with E-state index in [1.165, 1.54) is 0 Å². The van der Waals surface area contributed by atoms with Crippen LogP contribution in [0.15, 0.2) is 24.3 Å². The Balaban J connectivity index is 1.94. The van der Waals surface area contributed by atoms with Crippen LogP contribution in [0.1, 0.15) is 15.9 Å². The van der Waals surface area contributed by atoms with Crippen LogP contribution in [0.5, 0.6) is 0 Å². The lowest BCUT2D eigenvalue weighted by molar-refractivity contribution is 0.0669. The Morgan fingerprint density at radius 2 is 1.89 bits per heavy atom. The molecule has 1 heterocycles. The van der Waals surface area contributed by atoms with Crippen molar-refractivity contribution in [3.63, 3.8) is 0 Å². The van der Waals surface area contributed by atoms with E-state index in [4.69, 9.17) is 17.0 Å². The Morgan fingerprint density at radius 1 is 1.28 bits per heavy atom. The summed E-state index contributed by atoms with van der Waals surface area (Å²) < 4.78 is 5.24. The minimum absolute atomic E-state index is 0.161. The number of rotatable bonds is 1. The molecule has 2 rings (SSSR count). The van der Waals surface area contributed by atoms with Gasteiger partial charge >= 0.3 is 0 Å². The lowest BCUT2D eigenvalue weighted by Gasteiger charge is -2.28. The van der Waals surface area contributed by atoms with Gasteiger partial charge in [-0.25, -0.2) is 0 Å². The Kier molecular flexibility index (Phi) is 4.28. The van der Waals surface area contributed by atoms with Crippen molar-refractivity contribution in [1.82, 2.24) is 10.2 Å². The molecule has 96 valence electrons. The maximum Gasteiger partial charge on any atom is 0.257 e. The highest BCUT2D eigenvalue weighted by Gasteiger charge is 2.16. The van der Waals surface area contributed by atoms with E-state index < -0.39 is 0 Å². The number of hydrogen-bond donors (Lipinski definition) is 1. The fraction of sp³-hybridized carbons (Fsp3) is 0.385. The van der Waals surface area contributed by atoms with E-state index >= 15 is 0 Å². The molecule has 1 aliphatic heterocycles. The maximum atomic E-state index is 12.0. The largest absolute Gasteiger partial charge is 0.378 e. The van der Waals surface area contributed by atoms with Crippen LogP contribution in [0.4, 0.5) is 0 Å². The third-order valence-corrected chi connectivity index (χ3v) is 3.19. The predicted molar refractivity (Wildman–Crippen MR) is 73.6 cm³/mol. The number of carbonyl (C=O) groups is 1. The number of nitrogens with zero attached hydrogens (tertiary/aromatic N) is 1. The van der Waals surface area contributed by atoms with Crippen LogP contribution in [0, 0.1) is 6.92 Å². The van der Waals surface area contributed by atoms with Gasteiger partial charge < -0.3 is 9.64 Å². The van der Waals surface area contributed by atoms with Gasteiger partial charge in [0.15, 0.2) is 5.11 Å². The van der Waals surface area contributed by atoms with Crippen LogP contribution in [0.25, 0.3) is 0 Å². The fourth-order valence-electron chi connectivity index (χ4n) is 1.72. The van der Waals surface area contributed by atoms with Gasteiger partial charge in [-0.05, 0) is 31.3 Å². The number of thiocarbonyl (C=S) groups is 1. The lowest BCUT2D eigenvalue weighted by atomic mass is 10.1. The Hall–Kier alpha value is -1.46. The number of amides is 1. The molecule has 1 fully saturated rings. The highest BCUT2D eigenvalue weighted by atomic mass is 32.1. The van der Waals surface area contributed by atoms with E-state index in [1.807, 2.05) is 24.0 Å². The number of aryl methyl sites for hydroxylation is 1. The molecular formula is C13H16N2O2S. The van der Waals surface area contributed by atoms with E-state index in [1.54, 1.807) is 12.1 Å². The summed E-state index contributed by atoms with van der Waals surface area (Å²) in [6, 6.07) is 7.42. The Morgan fingerprint density at radius 3 is 2.50 bits per heavy atom. The second kappa shape index (κ2) is 5.93. The molecule has 0 saturated carbocycles. The molecule has 1 aromatic rings. The quantitative estimate of drug-likeness (QED) is 0.777. The van der Waals surface area contributed by atoms with E-state index in [-0.39, 0.29) is 5.91 Å². The molecule has 0 bridgehead atoms. The predicted octanol–water partition coefficient (Wildman–Crippen LogP) is 1.34. The molecule has 1 saturated heterocycles. The highest BCUT2D eigenvalue weighted by Crippen LogP contribution is 2.04. The van der Waals surface area contributed by atoms with Crippen LogP contribution in [0.3, 0.4) is 0 Å². The molecule has 0 unspecified atom stereocenters. The zero-order valence-electron chi connectivity index (χ0n) is 10.3. The molecule has 0 aromatic heterocycles. The first-order chi connectivity index (χ1) is 8.66. The summed E-state index contributed by atoms with van der Waals surface area (Å²) in [5, 5.41) is 3.22. The molecule has 1 N–H and O–H groups in total. The van der Waals surface area contributed by atoms with E-state index in [0.717, 1.165) is 18.7 Å². The summed E-state index contributed by atoms with van der Waals surface area (Å²) in [7, 11) is 0. The van der Waals surface area contributed by atoms with Gasteiger partial charge in [-0.15, -0.1) is 0 Å². The van der Waals surface area contributed by atoms with Gasteiger partial charge in [0, 0.05) is 18.7 Å². The van der Waals surface area contributed by atoms with Crippen molar-refractivity contribution in [2.45, 2.75) is 6.92 Å². The van der Waals surface area contributed by atoms with Crippen LogP contribution in [-0.4, -0.2) is 42.2 Å². The lowest BCUT2D eigenvalue weighted by Crippen LogP contribution is -2.47. The summed E-state index contributed by atoms with van der Waals surface area (Å²) in [6.45, 7) is 4.75. The summed E-state index contributed by atoms with van der Waals surface area (Å²) in [4.78, 5) is 13.9. The van der Waals surface area contributed by atoms with Crippen molar-refractivity contribution >= 4 is 23.2 Å². The van der Waals surface area contributed by atoms with E-state index in [0.29, 0.717) is 23.9 Å². The molecule has 1 amide bonds. The SMILES string of the molecule is Cc1ccc(C(=O)NC(=S)N2CCOCC2)cc1. The number of carbonyl (C=O) groups excluding carboxylic acids is 1. The second-order valence-electron chi connectivity index (χ2n) is 4.22. The second-order valence-corrected chi connectivity index (χ2v) is 4.61. The molecule has 4 nitrogen and oxygen atoms in total. The average Bonchev–Trinajstić information content (AvgIpc) is 2.40. The van der Waals surface area contributed by atoms with E-state index in [2.05, 4.69) is 5.32 Å². The molecule has 5 heteroatoms. The molecule has 1 aromatic carbocycles. The maximum absolute atomic E-state index is 12.0. The monoisotopic (exact) mass is 264 g/mol. The smallest absolute Gasteiger partial charge is 0.257 e. The van der Waals surface area contributed by atoms with Gasteiger partial charge in [0.2, 0.25) is 0 Å². The van der Waals surface area contributed by atoms with Gasteiger partial charge in [-0.2, -0.15) is 0 Å².